The molecule has 0 aromatic heterocycles. The zero-order valence-electron chi connectivity index (χ0n) is 16.3. The summed E-state index contributed by atoms with van der Waals surface area (Å²) in [7, 11) is 0. The van der Waals surface area contributed by atoms with E-state index in [4.69, 9.17) is 0 Å². The number of benzene rings is 2. The highest BCUT2D eigenvalue weighted by atomic mass is 35.5. The van der Waals surface area contributed by atoms with Gasteiger partial charge in [0.15, 0.2) is 5.78 Å². The van der Waals surface area contributed by atoms with Crippen LogP contribution in [0.2, 0.25) is 0 Å². The number of non-ortho nitro benzene ring substituents is 2. The number of nitro benzene ring substituents is 2. The number of carbonyl (C=O) groups is 1. The predicted molar refractivity (Wildman–Crippen MR) is 112 cm³/mol. The van der Waals surface area contributed by atoms with Crippen molar-refractivity contribution in [3.8, 4) is 0 Å². The number of nitrogens with zero attached hydrogens (tertiary/aromatic N) is 3. The van der Waals surface area contributed by atoms with Crippen LogP contribution >= 0.6 is 12.4 Å². The van der Waals surface area contributed by atoms with E-state index in [1.807, 2.05) is 11.8 Å². The van der Waals surface area contributed by atoms with Gasteiger partial charge in [-0.2, -0.15) is 0 Å². The fourth-order valence-corrected chi connectivity index (χ4v) is 3.76. The lowest BCUT2D eigenvalue weighted by atomic mass is 9.72. The summed E-state index contributed by atoms with van der Waals surface area (Å²) in [5.41, 5.74) is -0.981. The SMILES string of the molecule is CCN1CCC(O)(c2ccc([N+](=O)[O-])cc2)C(C(=O)c2ccc([N+](=O)[O-])cc2)C1.Cl. The van der Waals surface area contributed by atoms with E-state index in [0.29, 0.717) is 31.6 Å². The van der Waals surface area contributed by atoms with Crippen molar-refractivity contribution in [1.82, 2.24) is 4.90 Å². The lowest BCUT2D eigenvalue weighted by molar-refractivity contribution is -0.385. The molecule has 0 spiro atoms. The summed E-state index contributed by atoms with van der Waals surface area (Å²) in [6, 6.07) is 10.9. The number of likely N-dealkylation sites (tertiary alicyclic amines) is 1. The third-order valence-corrected chi connectivity index (χ3v) is 5.53. The number of piperidine rings is 1. The first-order valence-corrected chi connectivity index (χ1v) is 9.24. The zero-order valence-corrected chi connectivity index (χ0v) is 17.1. The number of aliphatic hydroxyl groups is 1. The number of ketones is 1. The molecule has 0 aliphatic carbocycles. The van der Waals surface area contributed by atoms with E-state index >= 15 is 0 Å². The highest BCUT2D eigenvalue weighted by Crippen LogP contribution is 2.40. The molecule has 2 atom stereocenters. The van der Waals surface area contributed by atoms with Gasteiger partial charge in [0.05, 0.1) is 15.8 Å². The van der Waals surface area contributed by atoms with Gasteiger partial charge >= 0.3 is 0 Å². The van der Waals surface area contributed by atoms with Crippen LogP contribution in [-0.4, -0.2) is 45.3 Å². The number of nitro groups is 2. The minimum atomic E-state index is -1.49. The average molecular weight is 436 g/mol. The molecule has 3 rings (SSSR count). The third kappa shape index (κ3) is 4.48. The van der Waals surface area contributed by atoms with E-state index in [-0.39, 0.29) is 35.1 Å². The molecule has 9 nitrogen and oxygen atoms in total. The quantitative estimate of drug-likeness (QED) is 0.418. The number of rotatable bonds is 6. The molecule has 2 aromatic rings. The van der Waals surface area contributed by atoms with Gasteiger partial charge in [0.2, 0.25) is 0 Å². The van der Waals surface area contributed by atoms with Crippen LogP contribution in [0.15, 0.2) is 48.5 Å². The standard InChI is InChI=1S/C20H21N3O6.ClH/c1-2-21-12-11-20(25,15-5-9-17(10-6-15)23(28)29)18(13-21)19(24)14-3-7-16(8-4-14)22(26)27;/h3-10,18,25H,2,11-13H2,1H3;1H. The van der Waals surface area contributed by atoms with Crippen LogP contribution in [0.5, 0.6) is 0 Å². The number of hydrogen-bond donors (Lipinski definition) is 1. The fraction of sp³-hybridized carbons (Fsp3) is 0.350. The van der Waals surface area contributed by atoms with Crippen molar-refractivity contribution in [3.05, 3.63) is 79.9 Å². The van der Waals surface area contributed by atoms with Crippen LogP contribution < -0.4 is 0 Å². The van der Waals surface area contributed by atoms with Gasteiger partial charge in [0, 0.05) is 42.9 Å². The maximum Gasteiger partial charge on any atom is 0.269 e. The molecule has 1 N–H and O–H groups in total. The highest BCUT2D eigenvalue weighted by molar-refractivity contribution is 5.99. The predicted octanol–water partition coefficient (Wildman–Crippen LogP) is 3.34. The van der Waals surface area contributed by atoms with Gasteiger partial charge in [-0.25, -0.2) is 0 Å². The molecule has 1 fully saturated rings. The van der Waals surface area contributed by atoms with Crippen LogP contribution in [0.1, 0.15) is 29.3 Å². The summed E-state index contributed by atoms with van der Waals surface area (Å²) in [5, 5.41) is 33.3. The summed E-state index contributed by atoms with van der Waals surface area (Å²) >= 11 is 0. The Hall–Kier alpha value is -2.88. The van der Waals surface area contributed by atoms with Gasteiger partial charge in [-0.3, -0.25) is 25.0 Å². The van der Waals surface area contributed by atoms with Crippen molar-refractivity contribution < 1.29 is 19.7 Å². The zero-order chi connectivity index (χ0) is 21.2. The van der Waals surface area contributed by atoms with Gasteiger partial charge in [0.1, 0.15) is 5.60 Å². The molecule has 1 heterocycles. The smallest absolute Gasteiger partial charge is 0.269 e. The molecule has 1 aliphatic heterocycles. The highest BCUT2D eigenvalue weighted by Gasteiger charge is 2.46. The van der Waals surface area contributed by atoms with Crippen molar-refractivity contribution in [1.29, 1.82) is 0 Å². The minimum Gasteiger partial charge on any atom is -0.384 e. The van der Waals surface area contributed by atoms with Crippen LogP contribution in [0.25, 0.3) is 0 Å². The van der Waals surface area contributed by atoms with Crippen molar-refractivity contribution in [2.75, 3.05) is 19.6 Å². The molecule has 2 unspecified atom stereocenters. The molecule has 10 heteroatoms. The van der Waals surface area contributed by atoms with Crippen molar-refractivity contribution in [3.63, 3.8) is 0 Å². The molecule has 0 radical (unpaired) electrons. The van der Waals surface area contributed by atoms with Crippen molar-refractivity contribution in [2.45, 2.75) is 18.9 Å². The Labute approximate surface area is 179 Å². The Morgan fingerprint density at radius 3 is 2.03 bits per heavy atom. The lowest BCUT2D eigenvalue weighted by Crippen LogP contribution is -2.53. The van der Waals surface area contributed by atoms with Crippen LogP contribution in [-0.2, 0) is 5.60 Å². The van der Waals surface area contributed by atoms with Crippen LogP contribution in [0.4, 0.5) is 11.4 Å². The Balaban J connectivity index is 0.00000320. The van der Waals surface area contributed by atoms with E-state index in [0.717, 1.165) is 0 Å². The first-order chi connectivity index (χ1) is 13.8. The maximum atomic E-state index is 13.2. The van der Waals surface area contributed by atoms with Crippen molar-refractivity contribution >= 4 is 29.6 Å². The Morgan fingerprint density at radius 1 is 1.07 bits per heavy atom. The Morgan fingerprint density at radius 2 is 1.57 bits per heavy atom. The molecule has 0 amide bonds. The molecule has 2 aromatic carbocycles. The summed E-state index contributed by atoms with van der Waals surface area (Å²) < 4.78 is 0. The summed E-state index contributed by atoms with van der Waals surface area (Å²) in [5.74, 6) is -1.13. The second kappa shape index (κ2) is 9.29. The number of Topliss-reactive ketones (excluding diaryl/α,β-unsaturated/α-hetero) is 1. The van der Waals surface area contributed by atoms with E-state index in [1.165, 1.54) is 48.5 Å². The normalized spacial score (nSPS) is 21.5. The minimum absolute atomic E-state index is 0. The molecule has 0 saturated carbocycles. The molecular formula is C20H22ClN3O6. The summed E-state index contributed by atoms with van der Waals surface area (Å²) in [6.45, 7) is 3.57. The molecule has 1 aliphatic rings. The van der Waals surface area contributed by atoms with E-state index < -0.39 is 21.4 Å². The molecule has 30 heavy (non-hydrogen) atoms. The van der Waals surface area contributed by atoms with Gasteiger partial charge in [-0.1, -0.05) is 6.92 Å². The summed E-state index contributed by atoms with van der Waals surface area (Å²) in [4.78, 5) is 36.0. The van der Waals surface area contributed by atoms with Gasteiger partial charge in [0.25, 0.3) is 11.4 Å². The number of halogens is 1. The van der Waals surface area contributed by atoms with E-state index in [2.05, 4.69) is 0 Å². The van der Waals surface area contributed by atoms with Gasteiger partial charge < -0.3 is 10.0 Å². The topological polar surface area (TPSA) is 127 Å². The second-order valence-corrected chi connectivity index (χ2v) is 7.09. The van der Waals surface area contributed by atoms with Gasteiger partial charge in [-0.05, 0) is 42.8 Å². The molecule has 1 saturated heterocycles. The molecule has 0 bridgehead atoms. The number of hydrogen-bond acceptors (Lipinski definition) is 7. The van der Waals surface area contributed by atoms with E-state index in [9.17, 15) is 30.1 Å². The average Bonchev–Trinajstić information content (AvgIpc) is 2.73. The van der Waals surface area contributed by atoms with Gasteiger partial charge in [-0.15, -0.1) is 12.4 Å². The Bertz CT molecular complexity index is 935. The first-order valence-electron chi connectivity index (χ1n) is 9.24. The lowest BCUT2D eigenvalue weighted by Gasteiger charge is -2.44. The molecule has 160 valence electrons. The van der Waals surface area contributed by atoms with E-state index in [1.54, 1.807) is 0 Å². The Kier molecular flexibility index (Phi) is 7.25. The largest absolute Gasteiger partial charge is 0.384 e. The second-order valence-electron chi connectivity index (χ2n) is 7.09. The third-order valence-electron chi connectivity index (χ3n) is 5.53. The van der Waals surface area contributed by atoms with Crippen LogP contribution in [0, 0.1) is 26.1 Å². The first kappa shape index (κ1) is 23.4. The molecular weight excluding hydrogens is 414 g/mol. The summed E-state index contributed by atoms with van der Waals surface area (Å²) in [6.07, 6.45) is 0.294. The van der Waals surface area contributed by atoms with Crippen LogP contribution in [0.3, 0.4) is 0 Å². The van der Waals surface area contributed by atoms with Crippen molar-refractivity contribution in [2.24, 2.45) is 5.92 Å². The monoisotopic (exact) mass is 435 g/mol. The number of carbonyl (C=O) groups excluding carboxylic acids is 1. The fourth-order valence-electron chi connectivity index (χ4n) is 3.76. The maximum absolute atomic E-state index is 13.2.